The molecular weight excluding hydrogens is 414 g/mol. The van der Waals surface area contributed by atoms with Gasteiger partial charge < -0.3 is 25.0 Å². The van der Waals surface area contributed by atoms with Crippen LogP contribution in [0.15, 0.2) is 30.3 Å². The number of methoxy groups -OCH3 is 1. The lowest BCUT2D eigenvalue weighted by Gasteiger charge is -2.48. The van der Waals surface area contributed by atoms with Crippen LogP contribution in [0.2, 0.25) is 0 Å². The zero-order chi connectivity index (χ0) is 23.6. The molecule has 0 saturated carbocycles. The zero-order valence-corrected chi connectivity index (χ0v) is 18.7. The maximum Gasteiger partial charge on any atom is 0.290 e. The van der Waals surface area contributed by atoms with Crippen molar-refractivity contribution in [3.63, 3.8) is 0 Å². The summed E-state index contributed by atoms with van der Waals surface area (Å²) in [5.74, 6) is 0.834. The summed E-state index contributed by atoms with van der Waals surface area (Å²) < 4.78 is 5.46. The van der Waals surface area contributed by atoms with Crippen molar-refractivity contribution in [2.24, 2.45) is 5.41 Å². The van der Waals surface area contributed by atoms with Crippen molar-refractivity contribution >= 4 is 23.8 Å². The molecule has 0 bridgehead atoms. The van der Waals surface area contributed by atoms with E-state index in [0.717, 1.165) is 74.3 Å². The highest BCUT2D eigenvalue weighted by atomic mass is 16.5. The van der Waals surface area contributed by atoms with E-state index in [9.17, 15) is 5.11 Å². The molecule has 2 saturated heterocycles. The SMILES string of the molecule is COc1cccc2ccc(CN3CCC4(CC3)CC(O)CN(C)C4)nc12.O=CO.O=CO. The van der Waals surface area contributed by atoms with Crippen molar-refractivity contribution in [2.45, 2.75) is 31.9 Å². The first-order valence-electron chi connectivity index (χ1n) is 10.6. The van der Waals surface area contributed by atoms with Gasteiger partial charge in [0.2, 0.25) is 0 Å². The van der Waals surface area contributed by atoms with Crippen molar-refractivity contribution < 1.29 is 29.6 Å². The average Bonchev–Trinajstić information content (AvgIpc) is 2.75. The van der Waals surface area contributed by atoms with E-state index >= 15 is 0 Å². The van der Waals surface area contributed by atoms with Gasteiger partial charge >= 0.3 is 0 Å². The molecule has 2 aromatic rings. The summed E-state index contributed by atoms with van der Waals surface area (Å²) in [6, 6.07) is 10.3. The number of hydrogen-bond donors (Lipinski definition) is 3. The number of aliphatic hydroxyl groups is 1. The Labute approximate surface area is 188 Å². The van der Waals surface area contributed by atoms with E-state index < -0.39 is 0 Å². The second kappa shape index (κ2) is 12.3. The van der Waals surface area contributed by atoms with Gasteiger partial charge in [-0.1, -0.05) is 18.2 Å². The third kappa shape index (κ3) is 6.88. The van der Waals surface area contributed by atoms with Gasteiger partial charge in [-0.3, -0.25) is 14.5 Å². The summed E-state index contributed by atoms with van der Waals surface area (Å²) in [5, 5.41) is 25.1. The Bertz CT molecular complexity index is 852. The lowest BCUT2D eigenvalue weighted by atomic mass is 9.72. The molecule has 1 aromatic heterocycles. The molecule has 2 fully saturated rings. The van der Waals surface area contributed by atoms with Crippen LogP contribution in [0, 0.1) is 5.41 Å². The third-order valence-electron chi connectivity index (χ3n) is 6.06. The van der Waals surface area contributed by atoms with E-state index in [2.05, 4.69) is 35.0 Å². The topological polar surface area (TPSA) is 123 Å². The van der Waals surface area contributed by atoms with Crippen molar-refractivity contribution in [2.75, 3.05) is 40.3 Å². The summed E-state index contributed by atoms with van der Waals surface area (Å²) in [5.41, 5.74) is 2.33. The van der Waals surface area contributed by atoms with Crippen LogP contribution in [0.4, 0.5) is 0 Å². The maximum absolute atomic E-state index is 10.2. The molecule has 1 unspecified atom stereocenters. The van der Waals surface area contributed by atoms with E-state index in [4.69, 9.17) is 29.5 Å². The largest absolute Gasteiger partial charge is 0.494 e. The molecular formula is C23H33N3O6. The van der Waals surface area contributed by atoms with Gasteiger partial charge in [-0.2, -0.15) is 0 Å². The quantitative estimate of drug-likeness (QED) is 0.606. The fourth-order valence-corrected chi connectivity index (χ4v) is 4.82. The van der Waals surface area contributed by atoms with Gasteiger partial charge in [-0.25, -0.2) is 4.98 Å². The van der Waals surface area contributed by atoms with Crippen molar-refractivity contribution in [1.29, 1.82) is 0 Å². The number of carbonyl (C=O) groups is 2. The predicted molar refractivity (Wildman–Crippen MR) is 121 cm³/mol. The van der Waals surface area contributed by atoms with E-state index in [1.807, 2.05) is 12.1 Å². The van der Waals surface area contributed by atoms with Crippen LogP contribution >= 0.6 is 0 Å². The Hall–Kier alpha value is -2.75. The molecule has 0 aliphatic carbocycles. The van der Waals surface area contributed by atoms with Gasteiger partial charge in [0.05, 0.1) is 18.9 Å². The van der Waals surface area contributed by atoms with Gasteiger partial charge in [-0.15, -0.1) is 0 Å². The number of likely N-dealkylation sites (tertiary alicyclic amines) is 2. The fraction of sp³-hybridized carbons (Fsp3) is 0.522. The number of ether oxygens (including phenoxy) is 1. The number of aliphatic hydroxyl groups excluding tert-OH is 1. The van der Waals surface area contributed by atoms with Crippen LogP contribution in [-0.2, 0) is 16.1 Å². The molecule has 1 atom stereocenters. The number of hydrogen-bond acceptors (Lipinski definition) is 7. The molecule has 9 nitrogen and oxygen atoms in total. The number of fused-ring (bicyclic) bond motifs is 1. The number of nitrogens with zero attached hydrogens (tertiary/aromatic N) is 3. The maximum atomic E-state index is 10.2. The highest BCUT2D eigenvalue weighted by molar-refractivity contribution is 5.84. The Balaban J connectivity index is 0.000000547. The highest BCUT2D eigenvalue weighted by Crippen LogP contribution is 2.39. The van der Waals surface area contributed by atoms with E-state index in [0.29, 0.717) is 5.41 Å². The minimum atomic E-state index is -0.250. The van der Waals surface area contributed by atoms with Gasteiger partial charge in [0.15, 0.2) is 0 Å². The smallest absolute Gasteiger partial charge is 0.290 e. The number of β-amino-alcohol motifs (C(OH)–C–C–N with tert-alkyl or cyclic N) is 1. The van der Waals surface area contributed by atoms with Crippen LogP contribution in [0.1, 0.15) is 25.0 Å². The van der Waals surface area contributed by atoms with Gasteiger partial charge in [0, 0.05) is 25.0 Å². The minimum Gasteiger partial charge on any atom is -0.494 e. The molecule has 3 heterocycles. The van der Waals surface area contributed by atoms with Crippen molar-refractivity contribution in [3.05, 3.63) is 36.0 Å². The van der Waals surface area contributed by atoms with E-state index in [1.165, 1.54) is 0 Å². The Morgan fingerprint density at radius 2 is 1.81 bits per heavy atom. The number of piperidine rings is 2. The Kier molecular flexibility index (Phi) is 9.83. The molecule has 0 radical (unpaired) electrons. The lowest BCUT2D eigenvalue weighted by molar-refractivity contribution is -0.123. The molecule has 2 aliphatic heterocycles. The van der Waals surface area contributed by atoms with Gasteiger partial charge in [0.1, 0.15) is 11.3 Å². The molecule has 1 spiro atoms. The van der Waals surface area contributed by atoms with Crippen LogP contribution in [0.3, 0.4) is 0 Å². The summed E-state index contributed by atoms with van der Waals surface area (Å²) in [7, 11) is 3.83. The first kappa shape index (κ1) is 25.5. The zero-order valence-electron chi connectivity index (χ0n) is 18.7. The van der Waals surface area contributed by atoms with Gasteiger partial charge in [0.25, 0.3) is 12.9 Å². The van der Waals surface area contributed by atoms with E-state index in [1.54, 1.807) is 7.11 Å². The number of pyridine rings is 1. The monoisotopic (exact) mass is 447 g/mol. The van der Waals surface area contributed by atoms with Crippen LogP contribution in [0.5, 0.6) is 5.75 Å². The molecule has 176 valence electrons. The number of rotatable bonds is 3. The summed E-state index contributed by atoms with van der Waals surface area (Å²) in [6.45, 7) is 4.46. The molecule has 3 N–H and O–H groups in total. The predicted octanol–water partition coefficient (Wildman–Crippen LogP) is 1.92. The average molecular weight is 448 g/mol. The Morgan fingerprint density at radius 3 is 2.41 bits per heavy atom. The number of benzene rings is 1. The standard InChI is InChI=1S/C21H29N3O2.2CH2O2/c1-23-14-18(25)12-21(15-23)8-10-24(11-9-21)13-17-7-6-16-4-3-5-19(26-2)20(16)22-17;2*2-1-3/h3-7,18,25H,8-15H2,1-2H3;2*1H,(H,2,3). The first-order chi connectivity index (χ1) is 15.4. The first-order valence-corrected chi connectivity index (χ1v) is 10.6. The molecule has 2 aliphatic rings. The lowest BCUT2D eigenvalue weighted by Crippen LogP contribution is -2.52. The summed E-state index contributed by atoms with van der Waals surface area (Å²) in [4.78, 5) is 26.4. The number of carboxylic acid groups (broad SMARTS) is 2. The molecule has 1 aromatic carbocycles. The van der Waals surface area contributed by atoms with E-state index in [-0.39, 0.29) is 19.0 Å². The third-order valence-corrected chi connectivity index (χ3v) is 6.06. The number of para-hydroxylation sites is 1. The minimum absolute atomic E-state index is 0.171. The highest BCUT2D eigenvalue weighted by Gasteiger charge is 2.40. The molecule has 32 heavy (non-hydrogen) atoms. The van der Waals surface area contributed by atoms with Crippen molar-refractivity contribution in [3.8, 4) is 5.75 Å². The second-order valence-corrected chi connectivity index (χ2v) is 8.38. The molecule has 9 heteroatoms. The van der Waals surface area contributed by atoms with Gasteiger partial charge in [-0.05, 0) is 56.9 Å². The van der Waals surface area contributed by atoms with Crippen LogP contribution in [0.25, 0.3) is 10.9 Å². The Morgan fingerprint density at radius 1 is 1.16 bits per heavy atom. The summed E-state index contributed by atoms with van der Waals surface area (Å²) >= 11 is 0. The van der Waals surface area contributed by atoms with Crippen LogP contribution < -0.4 is 4.74 Å². The van der Waals surface area contributed by atoms with Crippen LogP contribution in [-0.4, -0.2) is 89.5 Å². The normalized spacial score (nSPS) is 20.4. The number of aromatic nitrogens is 1. The molecule has 4 rings (SSSR count). The van der Waals surface area contributed by atoms with Crippen molar-refractivity contribution in [1.82, 2.24) is 14.8 Å². The molecule has 0 amide bonds. The summed E-state index contributed by atoms with van der Waals surface area (Å²) in [6.07, 6.45) is 3.10. The number of likely N-dealkylation sites (N-methyl/N-ethyl adjacent to an activating group) is 1. The fourth-order valence-electron chi connectivity index (χ4n) is 4.82. The second-order valence-electron chi connectivity index (χ2n) is 8.38.